The Morgan fingerprint density at radius 1 is 1.41 bits per heavy atom. The Bertz CT molecular complexity index is 346. The maximum Gasteiger partial charge on any atom is 0.141 e. The number of rotatable bonds is 5. The van der Waals surface area contributed by atoms with Crippen LogP contribution in [0.5, 0.6) is 0 Å². The first-order valence-corrected chi connectivity index (χ1v) is 5.85. The molecule has 0 spiro atoms. The van der Waals surface area contributed by atoms with E-state index < -0.39 is 0 Å². The van der Waals surface area contributed by atoms with Crippen molar-refractivity contribution in [2.24, 2.45) is 0 Å². The fourth-order valence-corrected chi connectivity index (χ4v) is 1.31. The van der Waals surface area contributed by atoms with E-state index >= 15 is 0 Å². The Morgan fingerprint density at radius 3 is 2.53 bits per heavy atom. The zero-order chi connectivity index (χ0) is 13.1. The largest absolute Gasteiger partial charge is 0.307 e. The minimum Gasteiger partial charge on any atom is -0.307 e. The summed E-state index contributed by atoms with van der Waals surface area (Å²) in [5.74, 6) is -0.297. The number of hydrogen-bond donors (Lipinski definition) is 1. The summed E-state index contributed by atoms with van der Waals surface area (Å²) in [6.07, 6.45) is 1.25. The average molecular weight is 239 g/mol. The summed E-state index contributed by atoms with van der Waals surface area (Å²) >= 11 is 0. The van der Waals surface area contributed by atoms with Crippen LogP contribution in [0.25, 0.3) is 0 Å². The van der Waals surface area contributed by atoms with Gasteiger partial charge in [-0.2, -0.15) is 0 Å². The summed E-state index contributed by atoms with van der Waals surface area (Å²) in [4.78, 5) is 6.24. The van der Waals surface area contributed by atoms with Gasteiger partial charge in [-0.1, -0.05) is 0 Å². The highest BCUT2D eigenvalue weighted by Crippen LogP contribution is 2.13. The van der Waals surface area contributed by atoms with Crippen LogP contribution in [-0.4, -0.2) is 36.1 Å². The van der Waals surface area contributed by atoms with Crippen molar-refractivity contribution < 1.29 is 4.39 Å². The molecule has 0 saturated carbocycles. The molecule has 0 radical (unpaired) electrons. The summed E-state index contributed by atoms with van der Waals surface area (Å²) in [6.45, 7) is 7.22. The molecule has 1 aromatic heterocycles. The van der Waals surface area contributed by atoms with Crippen LogP contribution in [0.3, 0.4) is 0 Å². The Morgan fingerprint density at radius 2 is 2.06 bits per heavy atom. The van der Waals surface area contributed by atoms with Crippen LogP contribution in [0.4, 0.5) is 4.39 Å². The fourth-order valence-electron chi connectivity index (χ4n) is 1.31. The summed E-state index contributed by atoms with van der Waals surface area (Å²) in [6, 6.07) is 3.28. The summed E-state index contributed by atoms with van der Waals surface area (Å²) < 4.78 is 12.7. The van der Waals surface area contributed by atoms with Crippen molar-refractivity contribution in [3.8, 4) is 0 Å². The van der Waals surface area contributed by atoms with Crippen molar-refractivity contribution >= 4 is 0 Å². The summed E-state index contributed by atoms with van der Waals surface area (Å²) in [5.41, 5.74) is 0.940. The van der Waals surface area contributed by atoms with Gasteiger partial charge in [0.05, 0.1) is 11.9 Å². The van der Waals surface area contributed by atoms with Crippen molar-refractivity contribution in [3.63, 3.8) is 0 Å². The van der Waals surface area contributed by atoms with Gasteiger partial charge in [0.25, 0.3) is 0 Å². The van der Waals surface area contributed by atoms with E-state index in [0.717, 1.165) is 12.2 Å². The molecule has 0 aliphatic carbocycles. The second-order valence-corrected chi connectivity index (χ2v) is 5.21. The molecule has 0 aliphatic heterocycles. The quantitative estimate of drug-likeness (QED) is 0.854. The van der Waals surface area contributed by atoms with Crippen LogP contribution >= 0.6 is 0 Å². The second kappa shape index (κ2) is 5.56. The molecule has 17 heavy (non-hydrogen) atoms. The van der Waals surface area contributed by atoms with Crippen LogP contribution in [0, 0.1) is 5.82 Å². The number of hydrogen-bond acceptors (Lipinski definition) is 3. The Balaban J connectivity index is 2.55. The van der Waals surface area contributed by atoms with E-state index in [9.17, 15) is 4.39 Å². The molecule has 96 valence electrons. The van der Waals surface area contributed by atoms with Crippen LogP contribution in [0.1, 0.15) is 32.5 Å². The second-order valence-electron chi connectivity index (χ2n) is 5.21. The van der Waals surface area contributed by atoms with Gasteiger partial charge in [0.2, 0.25) is 0 Å². The van der Waals surface area contributed by atoms with E-state index in [1.165, 1.54) is 12.3 Å². The predicted octanol–water partition coefficient (Wildman–Crippen LogP) is 2.21. The summed E-state index contributed by atoms with van der Waals surface area (Å²) in [5, 5.41) is 3.41. The third kappa shape index (κ3) is 4.06. The number of aromatic nitrogens is 1. The Labute approximate surface area is 103 Å². The first-order valence-electron chi connectivity index (χ1n) is 5.85. The van der Waals surface area contributed by atoms with Crippen LogP contribution < -0.4 is 5.32 Å². The third-order valence-corrected chi connectivity index (χ3v) is 3.25. The van der Waals surface area contributed by atoms with Gasteiger partial charge >= 0.3 is 0 Å². The molecule has 1 unspecified atom stereocenters. The zero-order valence-electron chi connectivity index (χ0n) is 11.3. The van der Waals surface area contributed by atoms with Crippen molar-refractivity contribution in [1.82, 2.24) is 15.2 Å². The van der Waals surface area contributed by atoms with Gasteiger partial charge in [-0.15, -0.1) is 0 Å². The smallest absolute Gasteiger partial charge is 0.141 e. The molecule has 0 bridgehead atoms. The molecule has 3 nitrogen and oxygen atoms in total. The van der Waals surface area contributed by atoms with E-state index in [-0.39, 0.29) is 17.4 Å². The molecule has 1 aromatic rings. The maximum atomic E-state index is 12.7. The van der Waals surface area contributed by atoms with Crippen molar-refractivity contribution in [1.29, 1.82) is 0 Å². The molecule has 4 heteroatoms. The topological polar surface area (TPSA) is 28.2 Å². The molecule has 1 rings (SSSR count). The minimum absolute atomic E-state index is 0.0777. The molecule has 0 amide bonds. The molecule has 1 atom stereocenters. The fraction of sp³-hybridized carbons (Fsp3) is 0.615. The lowest BCUT2D eigenvalue weighted by Crippen LogP contribution is -2.47. The highest BCUT2D eigenvalue weighted by molar-refractivity contribution is 5.09. The number of pyridine rings is 1. The minimum atomic E-state index is -0.297. The molecule has 0 aliphatic rings. The van der Waals surface area contributed by atoms with Gasteiger partial charge in [0.15, 0.2) is 0 Å². The third-order valence-electron chi connectivity index (χ3n) is 3.25. The highest BCUT2D eigenvalue weighted by atomic mass is 19.1. The number of nitrogens with one attached hydrogen (secondary N) is 1. The molecule has 1 heterocycles. The standard InChI is InChI=1S/C13H22FN3/c1-10(12-7-6-11(14)8-15-12)16-9-13(2,3)17(4)5/h6-8,10,16H,9H2,1-5H3. The van der Waals surface area contributed by atoms with E-state index in [1.807, 2.05) is 6.92 Å². The monoisotopic (exact) mass is 239 g/mol. The van der Waals surface area contributed by atoms with Gasteiger partial charge in [0.1, 0.15) is 5.82 Å². The summed E-state index contributed by atoms with van der Waals surface area (Å²) in [7, 11) is 4.12. The van der Waals surface area contributed by atoms with Crippen LogP contribution in [0.2, 0.25) is 0 Å². The molecule has 0 aromatic carbocycles. The van der Waals surface area contributed by atoms with E-state index in [0.29, 0.717) is 0 Å². The van der Waals surface area contributed by atoms with Crippen molar-refractivity contribution in [2.45, 2.75) is 32.4 Å². The first-order chi connectivity index (χ1) is 7.83. The van der Waals surface area contributed by atoms with Crippen molar-refractivity contribution in [3.05, 3.63) is 29.8 Å². The Hall–Kier alpha value is -1.00. The highest BCUT2D eigenvalue weighted by Gasteiger charge is 2.21. The predicted molar refractivity (Wildman–Crippen MR) is 68.4 cm³/mol. The van der Waals surface area contributed by atoms with Crippen molar-refractivity contribution in [2.75, 3.05) is 20.6 Å². The Kier molecular flexibility index (Phi) is 4.60. The SMILES string of the molecule is CC(NCC(C)(C)N(C)C)c1ccc(F)cn1. The van der Waals surface area contributed by atoms with Gasteiger partial charge in [-0.3, -0.25) is 4.98 Å². The van der Waals surface area contributed by atoms with E-state index in [2.05, 4.69) is 43.1 Å². The lowest BCUT2D eigenvalue weighted by atomic mass is 10.0. The van der Waals surface area contributed by atoms with Gasteiger partial charge in [-0.05, 0) is 47.0 Å². The number of nitrogens with zero attached hydrogens (tertiary/aromatic N) is 2. The first kappa shape index (κ1) is 14.1. The molecular weight excluding hydrogens is 217 g/mol. The molecule has 1 N–H and O–H groups in total. The molecule has 0 fully saturated rings. The normalized spacial score (nSPS) is 14.1. The molecular formula is C13H22FN3. The van der Waals surface area contributed by atoms with Gasteiger partial charge < -0.3 is 10.2 Å². The lowest BCUT2D eigenvalue weighted by molar-refractivity contribution is 0.185. The zero-order valence-corrected chi connectivity index (χ0v) is 11.3. The number of likely N-dealkylation sites (N-methyl/N-ethyl adjacent to an activating group) is 1. The van der Waals surface area contributed by atoms with E-state index in [1.54, 1.807) is 6.07 Å². The van der Waals surface area contributed by atoms with Gasteiger partial charge in [0, 0.05) is 18.1 Å². The maximum absolute atomic E-state index is 12.7. The molecule has 0 saturated heterocycles. The van der Waals surface area contributed by atoms with Crippen LogP contribution in [0.15, 0.2) is 18.3 Å². The van der Waals surface area contributed by atoms with E-state index in [4.69, 9.17) is 0 Å². The average Bonchev–Trinajstić information content (AvgIpc) is 2.27. The number of halogens is 1. The lowest BCUT2D eigenvalue weighted by Gasteiger charge is -2.33. The van der Waals surface area contributed by atoms with Crippen LogP contribution in [-0.2, 0) is 0 Å². The van der Waals surface area contributed by atoms with Gasteiger partial charge in [-0.25, -0.2) is 4.39 Å².